The van der Waals surface area contributed by atoms with Crippen LogP contribution in [0.4, 0.5) is 0 Å². The van der Waals surface area contributed by atoms with Crippen LogP contribution in [0.15, 0.2) is 66.7 Å². The fourth-order valence-electron chi connectivity index (χ4n) is 3.24. The Hall–Kier alpha value is -2.42. The van der Waals surface area contributed by atoms with Gasteiger partial charge in [0.1, 0.15) is 0 Å². The highest BCUT2D eigenvalue weighted by Gasteiger charge is 2.15. The summed E-state index contributed by atoms with van der Waals surface area (Å²) in [6.45, 7) is 5.16. The molecule has 0 aromatic heterocycles. The van der Waals surface area contributed by atoms with Gasteiger partial charge in [0.25, 0.3) is 0 Å². The Morgan fingerprint density at radius 1 is 0.720 bits per heavy atom. The van der Waals surface area contributed by atoms with E-state index >= 15 is 0 Å². The molecule has 0 atom stereocenters. The molecule has 1 N–H and O–H groups in total. The Morgan fingerprint density at radius 2 is 1.32 bits per heavy atom. The zero-order chi connectivity index (χ0) is 17.6. The number of hydrogen-bond acceptors (Lipinski definition) is 2. The SMILES string of the molecule is Cc1ccccc1-c1cccc(COCCO)c1-c1ccccc1C. The molecule has 0 bridgehead atoms. The van der Waals surface area contributed by atoms with Crippen molar-refractivity contribution in [1.82, 2.24) is 0 Å². The van der Waals surface area contributed by atoms with E-state index in [1.54, 1.807) is 0 Å². The second-order valence-electron chi connectivity index (χ2n) is 6.25. The molecule has 0 heterocycles. The molecule has 0 spiro atoms. The van der Waals surface area contributed by atoms with Crippen LogP contribution in [0.25, 0.3) is 22.3 Å². The number of aliphatic hydroxyl groups excluding tert-OH is 1. The van der Waals surface area contributed by atoms with Crippen molar-refractivity contribution < 1.29 is 9.84 Å². The van der Waals surface area contributed by atoms with Crippen molar-refractivity contribution in [2.24, 2.45) is 0 Å². The summed E-state index contributed by atoms with van der Waals surface area (Å²) in [7, 11) is 0. The van der Waals surface area contributed by atoms with Crippen molar-refractivity contribution >= 4 is 0 Å². The monoisotopic (exact) mass is 332 g/mol. The van der Waals surface area contributed by atoms with Gasteiger partial charge in [0, 0.05) is 0 Å². The molecule has 2 nitrogen and oxygen atoms in total. The van der Waals surface area contributed by atoms with Crippen molar-refractivity contribution in [3.63, 3.8) is 0 Å². The van der Waals surface area contributed by atoms with E-state index in [0.717, 1.165) is 5.56 Å². The molecule has 2 heteroatoms. The number of hydrogen-bond donors (Lipinski definition) is 1. The molecule has 3 rings (SSSR count). The molecule has 0 saturated carbocycles. The molecule has 0 radical (unpaired) electrons. The number of aliphatic hydroxyl groups is 1. The average molecular weight is 332 g/mol. The Morgan fingerprint density at radius 3 is 1.96 bits per heavy atom. The predicted molar refractivity (Wildman–Crippen MR) is 104 cm³/mol. The van der Waals surface area contributed by atoms with Crippen LogP contribution < -0.4 is 0 Å². The Kier molecular flexibility index (Phi) is 5.64. The normalized spacial score (nSPS) is 10.8. The van der Waals surface area contributed by atoms with E-state index < -0.39 is 0 Å². The van der Waals surface area contributed by atoms with Crippen molar-refractivity contribution in [2.45, 2.75) is 20.5 Å². The minimum atomic E-state index is 0.0389. The molecule has 0 aliphatic rings. The molecule has 25 heavy (non-hydrogen) atoms. The lowest BCUT2D eigenvalue weighted by atomic mass is 9.87. The van der Waals surface area contributed by atoms with E-state index in [0.29, 0.717) is 13.2 Å². The van der Waals surface area contributed by atoms with E-state index in [1.807, 2.05) is 0 Å². The summed E-state index contributed by atoms with van der Waals surface area (Å²) in [5.74, 6) is 0. The van der Waals surface area contributed by atoms with Crippen LogP contribution in [0.1, 0.15) is 16.7 Å². The van der Waals surface area contributed by atoms with Gasteiger partial charge in [0.2, 0.25) is 0 Å². The summed E-state index contributed by atoms with van der Waals surface area (Å²) in [6.07, 6.45) is 0. The Bertz CT molecular complexity index is 852. The molecule has 0 aliphatic carbocycles. The van der Waals surface area contributed by atoms with Crippen LogP contribution in [-0.2, 0) is 11.3 Å². The number of aryl methyl sites for hydroxylation is 2. The minimum absolute atomic E-state index is 0.0389. The number of rotatable bonds is 6. The fourth-order valence-corrected chi connectivity index (χ4v) is 3.24. The van der Waals surface area contributed by atoms with Gasteiger partial charge in [0.15, 0.2) is 0 Å². The standard InChI is InChI=1S/C23H24O2/c1-17-8-3-5-11-20(17)22-13-7-10-19(16-25-15-14-24)23(22)21-12-6-4-9-18(21)2/h3-13,24H,14-16H2,1-2H3. The van der Waals surface area contributed by atoms with Gasteiger partial charge in [-0.05, 0) is 52.8 Å². The van der Waals surface area contributed by atoms with Gasteiger partial charge in [0.05, 0.1) is 19.8 Å². The van der Waals surface area contributed by atoms with Gasteiger partial charge < -0.3 is 9.84 Å². The molecule has 0 amide bonds. The highest BCUT2D eigenvalue weighted by Crippen LogP contribution is 2.38. The smallest absolute Gasteiger partial charge is 0.0724 e. The molecular formula is C23H24O2. The number of benzene rings is 3. The first-order valence-electron chi connectivity index (χ1n) is 8.65. The van der Waals surface area contributed by atoms with Crippen LogP contribution in [-0.4, -0.2) is 18.3 Å². The van der Waals surface area contributed by atoms with Gasteiger partial charge >= 0.3 is 0 Å². The zero-order valence-corrected chi connectivity index (χ0v) is 14.8. The molecule has 3 aromatic carbocycles. The lowest BCUT2D eigenvalue weighted by molar-refractivity contribution is 0.0818. The van der Waals surface area contributed by atoms with E-state index in [1.165, 1.54) is 33.4 Å². The summed E-state index contributed by atoms with van der Waals surface area (Å²) in [5.41, 5.74) is 8.54. The second-order valence-corrected chi connectivity index (χ2v) is 6.25. The van der Waals surface area contributed by atoms with Gasteiger partial charge in [-0.1, -0.05) is 66.7 Å². The summed E-state index contributed by atoms with van der Waals surface area (Å²) in [5, 5.41) is 9.02. The van der Waals surface area contributed by atoms with E-state index in [9.17, 15) is 0 Å². The summed E-state index contributed by atoms with van der Waals surface area (Å²) in [4.78, 5) is 0. The minimum Gasteiger partial charge on any atom is -0.394 e. The van der Waals surface area contributed by atoms with Crippen molar-refractivity contribution in [1.29, 1.82) is 0 Å². The van der Waals surface area contributed by atoms with Gasteiger partial charge in [-0.25, -0.2) is 0 Å². The average Bonchev–Trinajstić information content (AvgIpc) is 2.63. The van der Waals surface area contributed by atoms with E-state index in [-0.39, 0.29) is 6.61 Å². The first-order chi connectivity index (χ1) is 12.2. The van der Waals surface area contributed by atoms with Crippen molar-refractivity contribution in [2.75, 3.05) is 13.2 Å². The maximum absolute atomic E-state index is 9.02. The Labute approximate surface area is 149 Å². The molecular weight excluding hydrogens is 308 g/mol. The third kappa shape index (κ3) is 3.81. The van der Waals surface area contributed by atoms with Crippen LogP contribution >= 0.6 is 0 Å². The molecule has 3 aromatic rings. The lowest BCUT2D eigenvalue weighted by Gasteiger charge is -2.18. The summed E-state index contributed by atoms with van der Waals surface area (Å²) < 4.78 is 5.64. The largest absolute Gasteiger partial charge is 0.394 e. The van der Waals surface area contributed by atoms with Gasteiger partial charge in [-0.15, -0.1) is 0 Å². The summed E-state index contributed by atoms with van der Waals surface area (Å²) in [6, 6.07) is 23.3. The highest BCUT2D eigenvalue weighted by atomic mass is 16.5. The molecule has 0 aliphatic heterocycles. The molecule has 0 fully saturated rings. The zero-order valence-electron chi connectivity index (χ0n) is 14.8. The Balaban J connectivity index is 2.20. The predicted octanol–water partition coefficient (Wildman–Crippen LogP) is 5.15. The summed E-state index contributed by atoms with van der Waals surface area (Å²) >= 11 is 0. The van der Waals surface area contributed by atoms with E-state index in [2.05, 4.69) is 80.6 Å². The quantitative estimate of drug-likeness (QED) is 0.633. The topological polar surface area (TPSA) is 29.5 Å². The van der Waals surface area contributed by atoms with Gasteiger partial charge in [-0.2, -0.15) is 0 Å². The number of ether oxygens (including phenoxy) is 1. The van der Waals surface area contributed by atoms with Crippen LogP contribution in [0.2, 0.25) is 0 Å². The third-order valence-electron chi connectivity index (χ3n) is 4.49. The maximum Gasteiger partial charge on any atom is 0.0724 e. The molecule has 0 saturated heterocycles. The van der Waals surface area contributed by atoms with Crippen LogP contribution in [0.3, 0.4) is 0 Å². The third-order valence-corrected chi connectivity index (χ3v) is 4.49. The fraction of sp³-hybridized carbons (Fsp3) is 0.217. The first kappa shape index (κ1) is 17.4. The van der Waals surface area contributed by atoms with Gasteiger partial charge in [-0.3, -0.25) is 0 Å². The van der Waals surface area contributed by atoms with Crippen LogP contribution in [0.5, 0.6) is 0 Å². The molecule has 0 unspecified atom stereocenters. The van der Waals surface area contributed by atoms with Crippen molar-refractivity contribution in [3.05, 3.63) is 83.4 Å². The first-order valence-corrected chi connectivity index (χ1v) is 8.65. The lowest BCUT2D eigenvalue weighted by Crippen LogP contribution is -2.02. The second kappa shape index (κ2) is 8.11. The van der Waals surface area contributed by atoms with Crippen molar-refractivity contribution in [3.8, 4) is 22.3 Å². The van der Waals surface area contributed by atoms with Crippen LogP contribution in [0, 0.1) is 13.8 Å². The maximum atomic E-state index is 9.02. The van der Waals surface area contributed by atoms with E-state index in [4.69, 9.17) is 9.84 Å². The highest BCUT2D eigenvalue weighted by molar-refractivity contribution is 5.88. The molecule has 128 valence electrons.